The lowest BCUT2D eigenvalue weighted by Gasteiger charge is -2.26. The molecule has 1 unspecified atom stereocenters. The van der Waals surface area contributed by atoms with Crippen molar-refractivity contribution < 1.29 is 22.7 Å². The van der Waals surface area contributed by atoms with E-state index in [0.29, 0.717) is 18.4 Å². The summed E-state index contributed by atoms with van der Waals surface area (Å²) in [7, 11) is -2.64. The maximum Gasteiger partial charge on any atom is 0.509 e. The highest BCUT2D eigenvalue weighted by Crippen LogP contribution is 2.51. The number of sulfonamides is 1. The molecular formula is C18H21N3O6S. The van der Waals surface area contributed by atoms with Crippen molar-refractivity contribution in [2.45, 2.75) is 42.5 Å². The van der Waals surface area contributed by atoms with Crippen molar-refractivity contribution in [1.29, 1.82) is 0 Å². The van der Waals surface area contributed by atoms with Crippen LogP contribution in [0.15, 0.2) is 40.2 Å². The first kappa shape index (κ1) is 18.9. The molecule has 1 aromatic carbocycles. The Balaban J connectivity index is 1.76. The summed E-state index contributed by atoms with van der Waals surface area (Å²) in [5.41, 5.74) is 5.21. The SMILES string of the molecule is COC(=O)OCn1ccc2c(S(=O)(=O)N3CCC(N)C34CC4)cccc2c1=O. The summed E-state index contributed by atoms with van der Waals surface area (Å²) in [6.45, 7) is 0.0481. The quantitative estimate of drug-likeness (QED) is 0.751. The second kappa shape index (κ2) is 6.57. The van der Waals surface area contributed by atoms with Crippen LogP contribution in [-0.4, -0.2) is 48.7 Å². The van der Waals surface area contributed by atoms with Gasteiger partial charge in [-0.05, 0) is 37.5 Å². The molecule has 0 amide bonds. The smallest absolute Gasteiger partial charge is 0.438 e. The molecule has 10 heteroatoms. The van der Waals surface area contributed by atoms with Crippen molar-refractivity contribution in [3.8, 4) is 0 Å². The summed E-state index contributed by atoms with van der Waals surface area (Å²) < 4.78 is 38.6. The number of methoxy groups -OCH3 is 1. The van der Waals surface area contributed by atoms with Gasteiger partial charge < -0.3 is 15.2 Å². The maximum absolute atomic E-state index is 13.4. The lowest BCUT2D eigenvalue weighted by molar-refractivity contribution is 0.0477. The van der Waals surface area contributed by atoms with Gasteiger partial charge >= 0.3 is 6.16 Å². The molecule has 2 heterocycles. The molecule has 2 aliphatic rings. The van der Waals surface area contributed by atoms with Gasteiger partial charge in [0.25, 0.3) is 5.56 Å². The summed E-state index contributed by atoms with van der Waals surface area (Å²) in [5, 5.41) is 0.559. The molecule has 1 aromatic heterocycles. The number of ether oxygens (including phenoxy) is 2. The molecule has 2 N–H and O–H groups in total. The van der Waals surface area contributed by atoms with E-state index in [1.54, 1.807) is 12.1 Å². The first-order chi connectivity index (χ1) is 13.3. The van der Waals surface area contributed by atoms with Gasteiger partial charge in [-0.3, -0.25) is 9.36 Å². The predicted molar refractivity (Wildman–Crippen MR) is 100 cm³/mol. The minimum absolute atomic E-state index is 0.0866. The largest absolute Gasteiger partial charge is 0.509 e. The summed E-state index contributed by atoms with van der Waals surface area (Å²) in [5.74, 6) is 0. The van der Waals surface area contributed by atoms with Gasteiger partial charge in [-0.15, -0.1) is 0 Å². The van der Waals surface area contributed by atoms with Crippen LogP contribution < -0.4 is 11.3 Å². The highest BCUT2D eigenvalue weighted by Gasteiger charge is 2.60. The molecule has 1 aliphatic carbocycles. The molecule has 0 radical (unpaired) electrons. The standard InChI is InChI=1S/C18H21N3O6S/c1-26-17(23)27-11-20-9-5-12-13(16(20)22)3-2-4-14(12)28(24,25)21-10-6-15(19)18(21)7-8-18/h2-5,9,15H,6-8,10-11,19H2,1H3. The predicted octanol–water partition coefficient (Wildman–Crippen LogP) is 0.996. The van der Waals surface area contributed by atoms with Gasteiger partial charge in [-0.2, -0.15) is 4.31 Å². The number of aromatic nitrogens is 1. The molecule has 150 valence electrons. The third kappa shape index (κ3) is 2.79. The lowest BCUT2D eigenvalue weighted by atomic mass is 10.1. The summed E-state index contributed by atoms with van der Waals surface area (Å²) in [6.07, 6.45) is 2.63. The topological polar surface area (TPSA) is 121 Å². The fraction of sp³-hybridized carbons (Fsp3) is 0.444. The van der Waals surface area contributed by atoms with Gasteiger partial charge in [-0.1, -0.05) is 6.07 Å². The van der Waals surface area contributed by atoms with Crippen molar-refractivity contribution in [2.75, 3.05) is 13.7 Å². The van der Waals surface area contributed by atoms with E-state index in [9.17, 15) is 18.0 Å². The van der Waals surface area contributed by atoms with E-state index in [1.165, 1.54) is 34.3 Å². The average molecular weight is 407 g/mol. The van der Waals surface area contributed by atoms with E-state index in [-0.39, 0.29) is 23.1 Å². The Hall–Kier alpha value is -2.43. The number of carbonyl (C=O) groups is 1. The zero-order valence-corrected chi connectivity index (χ0v) is 16.1. The fourth-order valence-corrected chi connectivity index (χ4v) is 6.04. The highest BCUT2D eigenvalue weighted by atomic mass is 32.2. The Bertz CT molecular complexity index is 1110. The van der Waals surface area contributed by atoms with E-state index >= 15 is 0 Å². The Morgan fingerprint density at radius 2 is 2.04 bits per heavy atom. The molecule has 2 aromatic rings. The normalized spacial score (nSPS) is 21.1. The average Bonchev–Trinajstić information content (AvgIpc) is 3.41. The maximum atomic E-state index is 13.4. The van der Waals surface area contributed by atoms with Gasteiger partial charge in [0.15, 0.2) is 6.73 Å². The van der Waals surface area contributed by atoms with Gasteiger partial charge in [0, 0.05) is 29.6 Å². The number of pyridine rings is 1. The highest BCUT2D eigenvalue weighted by molar-refractivity contribution is 7.89. The molecule has 1 saturated carbocycles. The van der Waals surface area contributed by atoms with Crippen LogP contribution in [0, 0.1) is 0 Å². The van der Waals surface area contributed by atoms with Crippen molar-refractivity contribution in [3.63, 3.8) is 0 Å². The Morgan fingerprint density at radius 3 is 2.71 bits per heavy atom. The Morgan fingerprint density at radius 1 is 1.29 bits per heavy atom. The number of nitrogens with two attached hydrogens (primary N) is 1. The molecule has 0 bridgehead atoms. The first-order valence-corrected chi connectivity index (χ1v) is 10.4. The number of benzene rings is 1. The van der Waals surface area contributed by atoms with Crippen molar-refractivity contribution in [3.05, 3.63) is 40.8 Å². The molecule has 4 rings (SSSR count). The molecule has 1 saturated heterocycles. The van der Waals surface area contributed by atoms with E-state index < -0.39 is 27.3 Å². The number of fused-ring (bicyclic) bond motifs is 1. The minimum Gasteiger partial charge on any atom is -0.438 e. The van der Waals surface area contributed by atoms with E-state index in [1.807, 2.05) is 0 Å². The van der Waals surface area contributed by atoms with Gasteiger partial charge in [0.1, 0.15) is 0 Å². The summed E-state index contributed by atoms with van der Waals surface area (Å²) in [6, 6.07) is 5.97. The number of hydrogen-bond donors (Lipinski definition) is 1. The summed E-state index contributed by atoms with van der Waals surface area (Å²) in [4.78, 5) is 23.9. The monoisotopic (exact) mass is 407 g/mol. The van der Waals surface area contributed by atoms with Crippen LogP contribution in [0.2, 0.25) is 0 Å². The molecule has 1 spiro atoms. The van der Waals surface area contributed by atoms with Crippen LogP contribution in [0.4, 0.5) is 4.79 Å². The number of hydrogen-bond acceptors (Lipinski definition) is 7. The fourth-order valence-electron chi connectivity index (χ4n) is 3.96. The Labute approximate surface area is 161 Å². The van der Waals surface area contributed by atoms with Crippen LogP contribution in [-0.2, 0) is 26.2 Å². The molecular weight excluding hydrogens is 386 g/mol. The van der Waals surface area contributed by atoms with Crippen LogP contribution in [0.5, 0.6) is 0 Å². The molecule has 1 atom stereocenters. The van der Waals surface area contributed by atoms with Gasteiger partial charge in [0.05, 0.1) is 17.5 Å². The summed E-state index contributed by atoms with van der Waals surface area (Å²) >= 11 is 0. The minimum atomic E-state index is -3.80. The molecule has 2 fully saturated rings. The second-order valence-electron chi connectivity index (χ2n) is 7.11. The van der Waals surface area contributed by atoms with Crippen molar-refractivity contribution >= 4 is 27.0 Å². The first-order valence-electron chi connectivity index (χ1n) is 8.92. The zero-order chi connectivity index (χ0) is 20.1. The van der Waals surface area contributed by atoms with Crippen LogP contribution in [0.3, 0.4) is 0 Å². The molecule has 9 nitrogen and oxygen atoms in total. The number of carbonyl (C=O) groups excluding carboxylic acids is 1. The number of rotatable bonds is 4. The van der Waals surface area contributed by atoms with E-state index in [4.69, 9.17) is 10.5 Å². The van der Waals surface area contributed by atoms with Crippen LogP contribution in [0.25, 0.3) is 10.8 Å². The third-order valence-corrected chi connectivity index (χ3v) is 7.67. The third-order valence-electron chi connectivity index (χ3n) is 5.63. The van der Waals surface area contributed by atoms with E-state index in [0.717, 1.165) is 12.8 Å². The van der Waals surface area contributed by atoms with Crippen LogP contribution >= 0.6 is 0 Å². The van der Waals surface area contributed by atoms with Crippen molar-refractivity contribution in [1.82, 2.24) is 8.87 Å². The van der Waals surface area contributed by atoms with Crippen LogP contribution in [0.1, 0.15) is 19.3 Å². The zero-order valence-electron chi connectivity index (χ0n) is 15.3. The van der Waals surface area contributed by atoms with E-state index in [2.05, 4.69) is 4.74 Å². The van der Waals surface area contributed by atoms with Crippen molar-refractivity contribution in [2.24, 2.45) is 5.73 Å². The number of nitrogens with zero attached hydrogens (tertiary/aromatic N) is 2. The second-order valence-corrected chi connectivity index (χ2v) is 8.94. The van der Waals surface area contributed by atoms with Gasteiger partial charge in [0.2, 0.25) is 10.0 Å². The van der Waals surface area contributed by atoms with Gasteiger partial charge in [-0.25, -0.2) is 13.2 Å². The molecule has 28 heavy (non-hydrogen) atoms. The Kier molecular flexibility index (Phi) is 4.44. The molecule has 1 aliphatic heterocycles. The lowest BCUT2D eigenvalue weighted by Crippen LogP contribution is -2.44.